The van der Waals surface area contributed by atoms with Gasteiger partial charge < -0.3 is 0 Å². The van der Waals surface area contributed by atoms with Gasteiger partial charge in [-0.1, -0.05) is 32.4 Å². The van der Waals surface area contributed by atoms with Gasteiger partial charge >= 0.3 is 0 Å². The zero-order valence-electron chi connectivity index (χ0n) is 11.1. The second-order valence-corrected chi connectivity index (χ2v) is 5.21. The van der Waals surface area contributed by atoms with Crippen LogP contribution in [0.2, 0.25) is 5.02 Å². The Morgan fingerprint density at radius 1 is 1.47 bits per heavy atom. The Morgan fingerprint density at radius 3 is 2.59 bits per heavy atom. The van der Waals surface area contributed by atoms with E-state index in [1.165, 1.54) is 0 Å². The van der Waals surface area contributed by atoms with Crippen molar-refractivity contribution in [1.29, 1.82) is 0 Å². The second kappa shape index (κ2) is 6.20. The fourth-order valence-corrected chi connectivity index (χ4v) is 2.10. The smallest absolute Gasteiger partial charge is 0.138 e. The summed E-state index contributed by atoms with van der Waals surface area (Å²) in [6.45, 7) is 6.26. The van der Waals surface area contributed by atoms with E-state index in [0.29, 0.717) is 23.8 Å². The van der Waals surface area contributed by atoms with E-state index >= 15 is 0 Å². The van der Waals surface area contributed by atoms with Gasteiger partial charge in [-0.15, -0.1) is 0 Å². The maximum atomic E-state index is 11.8. The van der Waals surface area contributed by atoms with Gasteiger partial charge in [-0.25, -0.2) is 0 Å². The fraction of sp³-hybridized carbons (Fsp3) is 0.692. The van der Waals surface area contributed by atoms with Crippen LogP contribution < -0.4 is 0 Å². The molecule has 0 bridgehead atoms. The molecule has 0 aliphatic rings. The molecule has 4 heteroatoms. The highest BCUT2D eigenvalue weighted by atomic mass is 35.5. The van der Waals surface area contributed by atoms with E-state index in [1.54, 1.807) is 4.68 Å². The normalized spacial score (nSPS) is 11.2. The van der Waals surface area contributed by atoms with Crippen LogP contribution in [0.15, 0.2) is 0 Å². The number of nitrogens with zero attached hydrogens (tertiary/aromatic N) is 2. The van der Waals surface area contributed by atoms with Gasteiger partial charge in [0.25, 0.3) is 0 Å². The highest BCUT2D eigenvalue weighted by Crippen LogP contribution is 2.22. The third-order valence-electron chi connectivity index (χ3n) is 2.87. The number of Topliss-reactive ketones (excluding diaryl/α,β-unsaturated/α-hetero) is 1. The zero-order valence-corrected chi connectivity index (χ0v) is 11.8. The maximum absolute atomic E-state index is 11.8. The fourth-order valence-electron chi connectivity index (χ4n) is 1.74. The first-order valence-electron chi connectivity index (χ1n) is 6.17. The van der Waals surface area contributed by atoms with Crippen molar-refractivity contribution in [3.63, 3.8) is 0 Å². The van der Waals surface area contributed by atoms with Gasteiger partial charge in [0.15, 0.2) is 0 Å². The number of rotatable bonds is 6. The average Bonchev–Trinajstić information content (AvgIpc) is 2.53. The summed E-state index contributed by atoms with van der Waals surface area (Å²) in [5, 5.41) is 4.97. The van der Waals surface area contributed by atoms with Gasteiger partial charge in [0.05, 0.1) is 16.4 Å². The lowest BCUT2D eigenvalue weighted by Crippen LogP contribution is -2.08. The molecular weight excluding hydrogens is 236 g/mol. The Hall–Kier alpha value is -0.830. The molecule has 0 aliphatic carbocycles. The number of hydrogen-bond acceptors (Lipinski definition) is 2. The SMILES string of the molecule is CCc1nn(C)c(CC(=O)CCC(C)C)c1Cl. The number of carbonyl (C=O) groups excluding carboxylic acids is 1. The summed E-state index contributed by atoms with van der Waals surface area (Å²) in [6, 6.07) is 0. The Balaban J connectivity index is 2.68. The molecule has 0 fully saturated rings. The molecule has 17 heavy (non-hydrogen) atoms. The van der Waals surface area contributed by atoms with E-state index in [1.807, 2.05) is 14.0 Å². The van der Waals surface area contributed by atoms with Gasteiger partial charge in [0, 0.05) is 19.9 Å². The summed E-state index contributed by atoms with van der Waals surface area (Å²) >= 11 is 6.20. The van der Waals surface area contributed by atoms with Crippen molar-refractivity contribution >= 4 is 17.4 Å². The lowest BCUT2D eigenvalue weighted by atomic mass is 10.0. The molecule has 3 nitrogen and oxygen atoms in total. The quantitative estimate of drug-likeness (QED) is 0.784. The van der Waals surface area contributed by atoms with Crippen LogP contribution >= 0.6 is 11.6 Å². The summed E-state index contributed by atoms with van der Waals surface area (Å²) in [7, 11) is 1.84. The standard InChI is InChI=1S/C13H21ClN2O/c1-5-11-13(14)12(16(4)15-11)8-10(17)7-6-9(2)3/h9H,5-8H2,1-4H3. The van der Waals surface area contributed by atoms with E-state index in [4.69, 9.17) is 11.6 Å². The van der Waals surface area contributed by atoms with Crippen molar-refractivity contribution in [3.05, 3.63) is 16.4 Å². The molecule has 1 aromatic heterocycles. The molecule has 0 N–H and O–H groups in total. The van der Waals surface area contributed by atoms with Crippen LogP contribution in [0.5, 0.6) is 0 Å². The molecule has 0 unspecified atom stereocenters. The van der Waals surface area contributed by atoms with Crippen molar-refractivity contribution in [2.24, 2.45) is 13.0 Å². The summed E-state index contributed by atoms with van der Waals surface area (Å²) < 4.78 is 1.73. The number of hydrogen-bond donors (Lipinski definition) is 0. The first-order chi connectivity index (χ1) is 7.95. The largest absolute Gasteiger partial charge is 0.299 e. The number of carbonyl (C=O) groups is 1. The minimum Gasteiger partial charge on any atom is -0.299 e. The molecule has 1 aromatic rings. The molecule has 96 valence electrons. The highest BCUT2D eigenvalue weighted by Gasteiger charge is 2.16. The number of aryl methyl sites for hydroxylation is 2. The summed E-state index contributed by atoms with van der Waals surface area (Å²) in [6.07, 6.45) is 2.76. The van der Waals surface area contributed by atoms with Gasteiger partial charge in [-0.2, -0.15) is 5.10 Å². The molecule has 1 heterocycles. The van der Waals surface area contributed by atoms with Crippen LogP contribution in [0.4, 0.5) is 0 Å². The minimum absolute atomic E-state index is 0.242. The summed E-state index contributed by atoms with van der Waals surface area (Å²) in [4.78, 5) is 11.8. The first kappa shape index (κ1) is 14.2. The monoisotopic (exact) mass is 256 g/mol. The molecule has 0 amide bonds. The Kier molecular flexibility index (Phi) is 5.19. The Labute approximate surface area is 108 Å². The van der Waals surface area contributed by atoms with Crippen molar-refractivity contribution in [2.45, 2.75) is 46.5 Å². The molecule has 1 rings (SSSR count). The molecule has 0 atom stereocenters. The number of halogens is 1. The predicted octanol–water partition coefficient (Wildman–Crippen LogP) is 3.18. The molecule has 0 aromatic carbocycles. The third-order valence-corrected chi connectivity index (χ3v) is 3.30. The minimum atomic E-state index is 0.242. The lowest BCUT2D eigenvalue weighted by Gasteiger charge is -2.04. The van der Waals surface area contributed by atoms with E-state index < -0.39 is 0 Å². The lowest BCUT2D eigenvalue weighted by molar-refractivity contribution is -0.118. The molecule has 0 radical (unpaired) electrons. The van der Waals surface area contributed by atoms with Gasteiger partial charge in [-0.3, -0.25) is 9.48 Å². The van der Waals surface area contributed by atoms with E-state index in [9.17, 15) is 4.79 Å². The van der Waals surface area contributed by atoms with Gasteiger partial charge in [0.2, 0.25) is 0 Å². The van der Waals surface area contributed by atoms with E-state index in [0.717, 1.165) is 24.2 Å². The van der Waals surface area contributed by atoms with Crippen molar-refractivity contribution < 1.29 is 4.79 Å². The average molecular weight is 257 g/mol. The Morgan fingerprint density at radius 2 is 2.12 bits per heavy atom. The first-order valence-corrected chi connectivity index (χ1v) is 6.55. The van der Waals surface area contributed by atoms with Crippen molar-refractivity contribution in [2.75, 3.05) is 0 Å². The van der Waals surface area contributed by atoms with Crippen molar-refractivity contribution in [1.82, 2.24) is 9.78 Å². The Bertz CT molecular complexity index is 396. The van der Waals surface area contributed by atoms with Crippen LogP contribution in [-0.4, -0.2) is 15.6 Å². The van der Waals surface area contributed by atoms with Crippen LogP contribution in [-0.2, 0) is 24.7 Å². The zero-order chi connectivity index (χ0) is 13.0. The van der Waals surface area contributed by atoms with E-state index in [2.05, 4.69) is 18.9 Å². The van der Waals surface area contributed by atoms with Crippen LogP contribution in [0.25, 0.3) is 0 Å². The molecule has 0 aliphatic heterocycles. The number of aromatic nitrogens is 2. The van der Waals surface area contributed by atoms with Crippen molar-refractivity contribution in [3.8, 4) is 0 Å². The van der Waals surface area contributed by atoms with Gasteiger partial charge in [-0.05, 0) is 18.8 Å². The summed E-state index contributed by atoms with van der Waals surface area (Å²) in [5.74, 6) is 0.804. The summed E-state index contributed by atoms with van der Waals surface area (Å²) in [5.41, 5.74) is 1.72. The van der Waals surface area contributed by atoms with Crippen LogP contribution in [0, 0.1) is 5.92 Å². The second-order valence-electron chi connectivity index (χ2n) is 4.83. The molecule has 0 saturated carbocycles. The van der Waals surface area contributed by atoms with E-state index in [-0.39, 0.29) is 5.78 Å². The predicted molar refractivity (Wildman–Crippen MR) is 70.4 cm³/mol. The van der Waals surface area contributed by atoms with Crippen LogP contribution in [0.3, 0.4) is 0 Å². The van der Waals surface area contributed by atoms with Crippen LogP contribution in [0.1, 0.15) is 45.0 Å². The number of ketones is 1. The van der Waals surface area contributed by atoms with Gasteiger partial charge in [0.1, 0.15) is 5.78 Å². The third kappa shape index (κ3) is 3.84. The maximum Gasteiger partial charge on any atom is 0.138 e. The topological polar surface area (TPSA) is 34.9 Å². The molecular formula is C13H21ClN2O. The molecule has 0 saturated heterocycles. The highest BCUT2D eigenvalue weighted by molar-refractivity contribution is 6.32. The molecule has 0 spiro atoms.